The second-order valence-corrected chi connectivity index (χ2v) is 4.19. The fourth-order valence-electron chi connectivity index (χ4n) is 0.625. The summed E-state index contributed by atoms with van der Waals surface area (Å²) >= 11 is 0. The van der Waals surface area contributed by atoms with Gasteiger partial charge in [0.25, 0.3) is 0 Å². The highest BCUT2D eigenvalue weighted by Gasteiger charge is 2.21. The fourth-order valence-corrected chi connectivity index (χ4v) is 1.87. The molecule has 11 heavy (non-hydrogen) atoms. The Balaban J connectivity index is 3.96. The second-order valence-electron chi connectivity index (χ2n) is 1.67. The van der Waals surface area contributed by atoms with E-state index in [1.807, 2.05) is 6.07 Å². The molecule has 0 bridgehead atoms. The van der Waals surface area contributed by atoms with Crippen LogP contribution >= 0.6 is 10.9 Å². The molecule has 0 N–H and O–H groups in total. The highest BCUT2D eigenvalue weighted by molar-refractivity contribution is 8.21. The van der Waals surface area contributed by atoms with Crippen LogP contribution in [0.25, 0.3) is 0 Å². The van der Waals surface area contributed by atoms with Crippen molar-refractivity contribution in [2.45, 2.75) is 6.42 Å². The highest BCUT2D eigenvalue weighted by Crippen LogP contribution is 2.49. The van der Waals surface area contributed by atoms with Crippen molar-refractivity contribution < 1.29 is 12.5 Å². The van der Waals surface area contributed by atoms with E-state index in [4.69, 9.17) is 17.8 Å². The van der Waals surface area contributed by atoms with Crippen molar-refractivity contribution >= 4 is 10.9 Å². The molecular formula is C6H13NO3S. The van der Waals surface area contributed by atoms with Crippen LogP contribution in [0.2, 0.25) is 0 Å². The van der Waals surface area contributed by atoms with Crippen LogP contribution in [0.3, 0.4) is 0 Å². The van der Waals surface area contributed by atoms with Gasteiger partial charge in [-0.25, -0.2) is 0 Å². The van der Waals surface area contributed by atoms with Gasteiger partial charge in [0.2, 0.25) is 0 Å². The Morgan fingerprint density at radius 3 is 1.91 bits per heavy atom. The average molecular weight is 179 g/mol. The molecule has 0 unspecified atom stereocenters. The molecule has 0 heterocycles. The van der Waals surface area contributed by atoms with E-state index in [0.717, 1.165) is 0 Å². The summed E-state index contributed by atoms with van der Waals surface area (Å²) in [5.41, 5.74) is 0. The molecule has 0 rings (SSSR count). The summed E-state index contributed by atoms with van der Waals surface area (Å²) in [6.07, 6.45) is 0.380. The van der Waals surface area contributed by atoms with Crippen LogP contribution in [-0.2, 0) is 12.5 Å². The average Bonchev–Trinajstić information content (AvgIpc) is 2.08. The Morgan fingerprint density at radius 2 is 1.64 bits per heavy atom. The topological polar surface area (TPSA) is 51.5 Å². The van der Waals surface area contributed by atoms with Crippen molar-refractivity contribution in [3.8, 4) is 6.07 Å². The van der Waals surface area contributed by atoms with Crippen molar-refractivity contribution in [2.75, 3.05) is 27.1 Å². The first-order chi connectivity index (χ1) is 5.24. The van der Waals surface area contributed by atoms with E-state index in [1.165, 1.54) is 21.3 Å². The van der Waals surface area contributed by atoms with Crippen molar-refractivity contribution in [1.82, 2.24) is 0 Å². The molecule has 0 aromatic carbocycles. The molecule has 0 aliphatic carbocycles. The van der Waals surface area contributed by atoms with E-state index in [9.17, 15) is 0 Å². The fraction of sp³-hybridized carbons (Fsp3) is 0.833. The predicted molar refractivity (Wildman–Crippen MR) is 43.7 cm³/mol. The molecule has 0 spiro atoms. The van der Waals surface area contributed by atoms with Crippen LogP contribution in [-0.4, -0.2) is 27.1 Å². The zero-order chi connectivity index (χ0) is 8.74. The zero-order valence-corrected chi connectivity index (χ0v) is 7.81. The van der Waals surface area contributed by atoms with Crippen LogP contribution in [0.15, 0.2) is 0 Å². The highest BCUT2D eigenvalue weighted by atomic mass is 32.3. The van der Waals surface area contributed by atoms with Gasteiger partial charge in [0.05, 0.1) is 44.0 Å². The minimum atomic E-state index is -1.89. The largest absolute Gasteiger partial charge is 0.296 e. The standard InChI is InChI=1S/C6H13NO3S/c1-8-11(9-2,10-3)6-4-5-7/h4,6H2,1-3H3. The van der Waals surface area contributed by atoms with E-state index >= 15 is 0 Å². The molecule has 0 aliphatic heterocycles. The van der Waals surface area contributed by atoms with E-state index in [1.54, 1.807) is 0 Å². The van der Waals surface area contributed by atoms with Crippen LogP contribution in [0, 0.1) is 11.3 Å². The van der Waals surface area contributed by atoms with E-state index in [0.29, 0.717) is 12.2 Å². The monoisotopic (exact) mass is 179 g/mol. The summed E-state index contributed by atoms with van der Waals surface area (Å²) in [6, 6.07) is 2.01. The summed E-state index contributed by atoms with van der Waals surface area (Å²) in [5, 5.41) is 8.31. The molecule has 0 atom stereocenters. The van der Waals surface area contributed by atoms with Gasteiger partial charge in [0, 0.05) is 6.42 Å². The van der Waals surface area contributed by atoms with Crippen LogP contribution in [0.4, 0.5) is 0 Å². The van der Waals surface area contributed by atoms with Gasteiger partial charge in [0.1, 0.15) is 0 Å². The Labute approximate surface area is 69.0 Å². The van der Waals surface area contributed by atoms with Gasteiger partial charge in [0.15, 0.2) is 0 Å². The number of hydrogen-bond acceptors (Lipinski definition) is 4. The van der Waals surface area contributed by atoms with E-state index in [-0.39, 0.29) is 0 Å². The van der Waals surface area contributed by atoms with Crippen LogP contribution in [0.1, 0.15) is 6.42 Å². The molecule has 0 saturated carbocycles. The summed E-state index contributed by atoms with van der Waals surface area (Å²) in [6.45, 7) is 0. The molecule has 0 aromatic heterocycles. The maximum atomic E-state index is 8.31. The maximum absolute atomic E-state index is 8.31. The smallest absolute Gasteiger partial charge is 0.0889 e. The lowest BCUT2D eigenvalue weighted by Gasteiger charge is -2.32. The first-order valence-electron chi connectivity index (χ1n) is 3.09. The third-order valence-corrected chi connectivity index (χ3v) is 3.45. The van der Waals surface area contributed by atoms with E-state index in [2.05, 4.69) is 0 Å². The third-order valence-electron chi connectivity index (χ3n) is 1.23. The number of nitriles is 1. The minimum Gasteiger partial charge on any atom is -0.296 e. The summed E-state index contributed by atoms with van der Waals surface area (Å²) in [4.78, 5) is 0. The lowest BCUT2D eigenvalue weighted by molar-refractivity contribution is 0.248. The maximum Gasteiger partial charge on any atom is 0.0889 e. The molecule has 0 saturated heterocycles. The number of rotatable bonds is 5. The number of nitrogens with zero attached hydrogens (tertiary/aromatic N) is 1. The molecule has 0 radical (unpaired) electrons. The second kappa shape index (κ2) is 5.38. The zero-order valence-electron chi connectivity index (χ0n) is 6.99. The van der Waals surface area contributed by atoms with Gasteiger partial charge in [-0.2, -0.15) is 5.26 Å². The van der Waals surface area contributed by atoms with Crippen LogP contribution in [0.5, 0.6) is 0 Å². The first-order valence-corrected chi connectivity index (χ1v) is 4.67. The molecule has 5 heteroatoms. The lowest BCUT2D eigenvalue weighted by atomic mass is 10.6. The first kappa shape index (κ1) is 10.7. The van der Waals surface area contributed by atoms with Gasteiger partial charge >= 0.3 is 0 Å². The van der Waals surface area contributed by atoms with Gasteiger partial charge in [-0.1, -0.05) is 0 Å². The molecule has 0 aliphatic rings. The quantitative estimate of drug-likeness (QED) is 0.640. The Kier molecular flexibility index (Phi) is 5.24. The molecule has 0 aromatic rings. The van der Waals surface area contributed by atoms with Crippen LogP contribution < -0.4 is 0 Å². The number of hydrogen-bond donors (Lipinski definition) is 0. The summed E-state index contributed by atoms with van der Waals surface area (Å²) < 4.78 is 15.1. The van der Waals surface area contributed by atoms with Gasteiger partial charge in [-0.05, 0) is 0 Å². The summed E-state index contributed by atoms with van der Waals surface area (Å²) in [5.74, 6) is 0.493. The lowest BCUT2D eigenvalue weighted by Crippen LogP contribution is -2.10. The summed E-state index contributed by atoms with van der Waals surface area (Å²) in [7, 11) is 2.65. The molecule has 66 valence electrons. The van der Waals surface area contributed by atoms with Gasteiger partial charge in [-0.15, -0.1) is 0 Å². The predicted octanol–water partition coefficient (Wildman–Crippen LogP) is 1.39. The van der Waals surface area contributed by atoms with E-state index < -0.39 is 10.9 Å². The van der Waals surface area contributed by atoms with Crippen molar-refractivity contribution in [3.63, 3.8) is 0 Å². The molecule has 0 fully saturated rings. The third kappa shape index (κ3) is 3.08. The van der Waals surface area contributed by atoms with Gasteiger partial charge in [-0.3, -0.25) is 12.5 Å². The molecular weight excluding hydrogens is 166 g/mol. The Bertz CT molecular complexity index is 133. The van der Waals surface area contributed by atoms with Gasteiger partial charge < -0.3 is 0 Å². The molecule has 0 amide bonds. The Hall–Kier alpha value is -0.280. The molecule has 4 nitrogen and oxygen atoms in total. The normalized spacial score (nSPS) is 12.5. The SMILES string of the molecule is COS(CCC#N)(OC)OC. The van der Waals surface area contributed by atoms with Crippen molar-refractivity contribution in [1.29, 1.82) is 5.26 Å². The van der Waals surface area contributed by atoms with Crippen molar-refractivity contribution in [3.05, 3.63) is 0 Å². The van der Waals surface area contributed by atoms with Crippen molar-refractivity contribution in [2.24, 2.45) is 0 Å². The Morgan fingerprint density at radius 1 is 1.18 bits per heavy atom. The minimum absolute atomic E-state index is 0.380.